The van der Waals surface area contributed by atoms with Crippen molar-refractivity contribution in [3.8, 4) is 5.75 Å². The van der Waals surface area contributed by atoms with E-state index in [1.54, 1.807) is 80.8 Å². The Morgan fingerprint density at radius 3 is 2.57 bits per heavy atom. The van der Waals surface area contributed by atoms with E-state index in [1.807, 2.05) is 0 Å². The molecule has 8 heteroatoms. The van der Waals surface area contributed by atoms with Crippen molar-refractivity contribution in [2.75, 3.05) is 12.4 Å². The first-order chi connectivity index (χ1) is 16.9. The number of aryl methyl sites for hydroxylation is 1. The number of fused-ring (bicyclic) bond motifs is 2. The Kier molecular flexibility index (Phi) is 5.62. The average molecular weight is 467 g/mol. The van der Waals surface area contributed by atoms with Gasteiger partial charge in [-0.25, -0.2) is 4.98 Å². The van der Waals surface area contributed by atoms with Gasteiger partial charge in [0.05, 0.1) is 24.3 Å². The Hall–Kier alpha value is -4.72. The minimum atomic E-state index is -0.376. The van der Waals surface area contributed by atoms with E-state index in [2.05, 4.69) is 10.3 Å². The minimum absolute atomic E-state index is 0.180. The van der Waals surface area contributed by atoms with Crippen LogP contribution in [0, 0.1) is 6.92 Å². The van der Waals surface area contributed by atoms with Gasteiger partial charge in [-0.15, -0.1) is 0 Å². The number of nitrogens with one attached hydrogen (secondary N) is 1. The van der Waals surface area contributed by atoms with E-state index in [4.69, 9.17) is 9.15 Å². The van der Waals surface area contributed by atoms with E-state index in [-0.39, 0.29) is 29.6 Å². The number of benzene rings is 3. The first-order valence-corrected chi connectivity index (χ1v) is 10.9. The van der Waals surface area contributed by atoms with Crippen molar-refractivity contribution in [1.82, 2.24) is 9.55 Å². The molecule has 0 fully saturated rings. The van der Waals surface area contributed by atoms with Crippen LogP contribution in [0.1, 0.15) is 21.7 Å². The molecule has 0 aliphatic carbocycles. The Balaban J connectivity index is 1.37. The van der Waals surface area contributed by atoms with Crippen LogP contribution in [-0.2, 0) is 11.3 Å². The summed E-state index contributed by atoms with van der Waals surface area (Å²) in [6.07, 6.45) is 1.37. The second-order valence-electron chi connectivity index (χ2n) is 8.07. The van der Waals surface area contributed by atoms with Gasteiger partial charge in [0.2, 0.25) is 11.7 Å². The topological polar surface area (TPSA) is 103 Å². The summed E-state index contributed by atoms with van der Waals surface area (Å²) in [5.41, 5.74) is 2.51. The lowest BCUT2D eigenvalue weighted by Gasteiger charge is -2.08. The SMILES string of the molecule is COc1ccc(C(=O)c2oc3ccc(NC(=O)Cn4cnc5ccccc5c4=O)cc3c2C)cc1. The normalized spacial score (nSPS) is 11.0. The number of carbonyl (C=O) groups excluding carboxylic acids is 2. The molecule has 0 spiro atoms. The second kappa shape index (κ2) is 8.90. The second-order valence-corrected chi connectivity index (χ2v) is 8.07. The molecule has 2 heterocycles. The molecule has 0 saturated carbocycles. The minimum Gasteiger partial charge on any atom is -0.497 e. The van der Waals surface area contributed by atoms with Crippen molar-refractivity contribution in [3.05, 3.63) is 100 Å². The lowest BCUT2D eigenvalue weighted by Crippen LogP contribution is -2.27. The van der Waals surface area contributed by atoms with Crippen LogP contribution in [0.15, 0.2) is 82.3 Å². The summed E-state index contributed by atoms with van der Waals surface area (Å²) in [5, 5.41) is 3.96. The molecule has 0 aliphatic rings. The van der Waals surface area contributed by atoms with Crippen LogP contribution in [0.5, 0.6) is 5.75 Å². The van der Waals surface area contributed by atoms with Gasteiger partial charge >= 0.3 is 0 Å². The molecule has 35 heavy (non-hydrogen) atoms. The van der Waals surface area contributed by atoms with Gasteiger partial charge in [-0.3, -0.25) is 19.0 Å². The number of ether oxygens (including phenoxy) is 1. The summed E-state index contributed by atoms with van der Waals surface area (Å²) >= 11 is 0. The molecule has 0 bridgehead atoms. The monoisotopic (exact) mass is 467 g/mol. The van der Waals surface area contributed by atoms with Crippen LogP contribution in [0.2, 0.25) is 0 Å². The van der Waals surface area contributed by atoms with Gasteiger partial charge in [0.25, 0.3) is 5.56 Å². The molecular formula is C27H21N3O5. The third-order valence-electron chi connectivity index (χ3n) is 5.82. The molecule has 5 aromatic rings. The molecule has 8 nitrogen and oxygen atoms in total. The lowest BCUT2D eigenvalue weighted by atomic mass is 10.0. The number of hydrogen-bond donors (Lipinski definition) is 1. The van der Waals surface area contributed by atoms with E-state index < -0.39 is 0 Å². The highest BCUT2D eigenvalue weighted by atomic mass is 16.5. The van der Waals surface area contributed by atoms with Gasteiger partial charge in [-0.1, -0.05) is 12.1 Å². The lowest BCUT2D eigenvalue weighted by molar-refractivity contribution is -0.116. The summed E-state index contributed by atoms with van der Waals surface area (Å²) in [5.74, 6) is 0.279. The molecule has 5 rings (SSSR count). The van der Waals surface area contributed by atoms with Crippen molar-refractivity contribution in [1.29, 1.82) is 0 Å². The Morgan fingerprint density at radius 1 is 1.03 bits per heavy atom. The van der Waals surface area contributed by atoms with Gasteiger partial charge in [-0.2, -0.15) is 0 Å². The molecule has 2 aromatic heterocycles. The fourth-order valence-electron chi connectivity index (χ4n) is 3.96. The summed E-state index contributed by atoms with van der Waals surface area (Å²) in [7, 11) is 1.56. The summed E-state index contributed by atoms with van der Waals surface area (Å²) < 4.78 is 12.2. The van der Waals surface area contributed by atoms with Crippen molar-refractivity contribution in [3.63, 3.8) is 0 Å². The molecule has 0 saturated heterocycles. The first kappa shape index (κ1) is 22.1. The molecule has 0 radical (unpaired) electrons. The Bertz CT molecular complexity index is 1650. The number of furan rings is 1. The van der Waals surface area contributed by atoms with E-state index in [1.165, 1.54) is 10.9 Å². The number of hydrogen-bond acceptors (Lipinski definition) is 6. The summed E-state index contributed by atoms with van der Waals surface area (Å²) in [6.45, 7) is 1.62. The number of aromatic nitrogens is 2. The zero-order valence-electron chi connectivity index (χ0n) is 19.1. The maximum absolute atomic E-state index is 13.0. The number of nitrogens with zero attached hydrogens (tertiary/aromatic N) is 2. The van der Waals surface area contributed by atoms with Gasteiger partial charge < -0.3 is 14.5 Å². The highest BCUT2D eigenvalue weighted by Gasteiger charge is 2.20. The predicted molar refractivity (Wildman–Crippen MR) is 132 cm³/mol. The molecule has 1 N–H and O–H groups in total. The molecule has 0 atom stereocenters. The van der Waals surface area contributed by atoms with Crippen molar-refractivity contribution >= 4 is 39.2 Å². The maximum Gasteiger partial charge on any atom is 0.261 e. The van der Waals surface area contributed by atoms with Gasteiger partial charge in [0.1, 0.15) is 17.9 Å². The number of carbonyl (C=O) groups is 2. The van der Waals surface area contributed by atoms with Gasteiger partial charge in [0.15, 0.2) is 5.76 Å². The first-order valence-electron chi connectivity index (χ1n) is 10.9. The van der Waals surface area contributed by atoms with Crippen molar-refractivity contribution in [2.45, 2.75) is 13.5 Å². The van der Waals surface area contributed by atoms with Crippen LogP contribution in [0.3, 0.4) is 0 Å². The number of methoxy groups -OCH3 is 1. The third-order valence-corrected chi connectivity index (χ3v) is 5.82. The molecule has 3 aromatic carbocycles. The zero-order valence-corrected chi connectivity index (χ0v) is 19.1. The summed E-state index contributed by atoms with van der Waals surface area (Å²) in [4.78, 5) is 42.5. The maximum atomic E-state index is 13.0. The largest absolute Gasteiger partial charge is 0.497 e. The number of amides is 1. The quantitative estimate of drug-likeness (QED) is 0.373. The predicted octanol–water partition coefficient (Wildman–Crippen LogP) is 4.33. The van der Waals surface area contributed by atoms with E-state index in [0.717, 1.165) is 0 Å². The molecule has 0 aliphatic heterocycles. The summed E-state index contributed by atoms with van der Waals surface area (Å²) in [6, 6.07) is 18.9. The van der Waals surface area contributed by atoms with Crippen LogP contribution in [-0.4, -0.2) is 28.4 Å². The van der Waals surface area contributed by atoms with Crippen molar-refractivity contribution in [2.24, 2.45) is 0 Å². The fourth-order valence-corrected chi connectivity index (χ4v) is 3.96. The van der Waals surface area contributed by atoms with Gasteiger partial charge in [0, 0.05) is 22.2 Å². The number of anilines is 1. The molecule has 0 unspecified atom stereocenters. The number of rotatable bonds is 6. The number of para-hydroxylation sites is 1. The fraction of sp³-hybridized carbons (Fsp3) is 0.111. The Morgan fingerprint density at radius 2 is 1.80 bits per heavy atom. The van der Waals surface area contributed by atoms with Crippen LogP contribution >= 0.6 is 0 Å². The highest BCUT2D eigenvalue weighted by molar-refractivity contribution is 6.11. The Labute approximate surface area is 199 Å². The average Bonchev–Trinajstić information content (AvgIpc) is 3.21. The van der Waals surface area contributed by atoms with Crippen LogP contribution in [0.25, 0.3) is 21.9 Å². The molecule has 174 valence electrons. The zero-order chi connectivity index (χ0) is 24.5. The molecule has 1 amide bonds. The standard InChI is InChI=1S/C27H21N3O5/c1-16-21-13-18(29-24(31)14-30-15-28-22-6-4-3-5-20(22)27(30)33)9-12-23(21)35-26(16)25(32)17-7-10-19(34-2)11-8-17/h3-13,15H,14H2,1-2H3,(H,29,31). The third kappa shape index (κ3) is 4.17. The highest BCUT2D eigenvalue weighted by Crippen LogP contribution is 2.30. The van der Waals surface area contributed by atoms with Gasteiger partial charge in [-0.05, 0) is 61.5 Å². The molecular weight excluding hydrogens is 446 g/mol. The van der Waals surface area contributed by atoms with E-state index in [9.17, 15) is 14.4 Å². The van der Waals surface area contributed by atoms with E-state index >= 15 is 0 Å². The number of ketones is 1. The smallest absolute Gasteiger partial charge is 0.261 e. The van der Waals surface area contributed by atoms with Crippen LogP contribution in [0.4, 0.5) is 5.69 Å². The van der Waals surface area contributed by atoms with Crippen molar-refractivity contribution < 1.29 is 18.7 Å². The van der Waals surface area contributed by atoms with Crippen LogP contribution < -0.4 is 15.6 Å². The van der Waals surface area contributed by atoms with E-state index in [0.29, 0.717) is 44.4 Å².